The van der Waals surface area contributed by atoms with Crippen LogP contribution >= 0.6 is 0 Å². The van der Waals surface area contributed by atoms with Gasteiger partial charge in [-0.25, -0.2) is 9.97 Å². The molecule has 7 nitrogen and oxygen atoms in total. The second kappa shape index (κ2) is 8.22. The first-order valence-electron chi connectivity index (χ1n) is 11.6. The zero-order valence-electron chi connectivity index (χ0n) is 19.1. The van der Waals surface area contributed by atoms with Crippen LogP contribution in [0.4, 0.5) is 17.5 Å². The van der Waals surface area contributed by atoms with Gasteiger partial charge >= 0.3 is 0 Å². The summed E-state index contributed by atoms with van der Waals surface area (Å²) in [6, 6.07) is 2.76. The average molecular weight is 413 g/mol. The number of pyridine rings is 1. The van der Waals surface area contributed by atoms with Crippen molar-refractivity contribution in [2.45, 2.75) is 38.6 Å². The lowest BCUT2D eigenvalue weighted by atomic mass is 9.77. The van der Waals surface area contributed by atoms with Crippen molar-refractivity contribution in [1.29, 1.82) is 0 Å². The molecule has 0 amide bonds. The molecule has 5 rings (SSSR count). The van der Waals surface area contributed by atoms with E-state index >= 15 is 0 Å². The molecule has 1 saturated carbocycles. The molecule has 1 saturated heterocycles. The number of nitrogens with one attached hydrogen (secondary N) is 2. The van der Waals surface area contributed by atoms with E-state index in [1.54, 1.807) is 0 Å². The fourth-order valence-electron chi connectivity index (χ4n) is 5.34. The molecule has 4 heterocycles. The molecule has 0 bridgehead atoms. The summed E-state index contributed by atoms with van der Waals surface area (Å²) in [6.45, 7) is 6.26. The van der Waals surface area contributed by atoms with Crippen LogP contribution in [-0.4, -0.2) is 69.2 Å². The minimum atomic E-state index is 0.558. The summed E-state index contributed by atoms with van der Waals surface area (Å²) in [6.07, 6.45) is 7.03. The van der Waals surface area contributed by atoms with Gasteiger partial charge in [-0.2, -0.15) is 4.98 Å². The van der Waals surface area contributed by atoms with Crippen molar-refractivity contribution in [2.24, 2.45) is 0 Å². The van der Waals surface area contributed by atoms with E-state index in [0.717, 1.165) is 54.1 Å². The van der Waals surface area contributed by atoms with Crippen LogP contribution in [0.1, 0.15) is 37.4 Å². The summed E-state index contributed by atoms with van der Waals surface area (Å²) in [5.74, 6) is 1.47. The minimum absolute atomic E-state index is 0.558. The van der Waals surface area contributed by atoms with Crippen LogP contribution in [0.3, 0.4) is 0 Å². The van der Waals surface area contributed by atoms with Gasteiger partial charge in [0.15, 0.2) is 7.85 Å². The van der Waals surface area contributed by atoms with Crippen LogP contribution in [0.15, 0.2) is 12.3 Å². The van der Waals surface area contributed by atoms with E-state index < -0.39 is 0 Å². The second-order valence-corrected chi connectivity index (χ2v) is 9.07. The molecule has 31 heavy (non-hydrogen) atoms. The van der Waals surface area contributed by atoms with Gasteiger partial charge in [-0.05, 0) is 25.8 Å². The Kier molecular flexibility index (Phi) is 5.42. The highest BCUT2D eigenvalue weighted by Crippen LogP contribution is 2.34. The van der Waals surface area contributed by atoms with Gasteiger partial charge in [-0.3, -0.25) is 0 Å². The second-order valence-electron chi connectivity index (χ2n) is 9.07. The van der Waals surface area contributed by atoms with Gasteiger partial charge in [-0.1, -0.05) is 23.8 Å². The number of nitrogens with zero attached hydrogens (tertiary/aromatic N) is 5. The van der Waals surface area contributed by atoms with Crippen molar-refractivity contribution >= 4 is 68.5 Å². The van der Waals surface area contributed by atoms with Gasteiger partial charge in [0.1, 0.15) is 27.2 Å². The fourth-order valence-corrected chi connectivity index (χ4v) is 5.34. The Morgan fingerprint density at radius 1 is 1.06 bits per heavy atom. The molecule has 0 radical (unpaired) electrons. The normalized spacial score (nSPS) is 17.5. The van der Waals surface area contributed by atoms with E-state index in [4.69, 9.17) is 9.97 Å². The van der Waals surface area contributed by atoms with Crippen LogP contribution in [0.5, 0.6) is 0 Å². The molecular weight excluding hydrogens is 383 g/mol. The Balaban J connectivity index is 1.48. The number of hydrogen-bond donors (Lipinski definition) is 2. The van der Waals surface area contributed by atoms with Gasteiger partial charge < -0.3 is 20.1 Å². The van der Waals surface area contributed by atoms with Gasteiger partial charge in [-0.15, -0.1) is 0 Å². The van der Waals surface area contributed by atoms with Crippen molar-refractivity contribution in [3.63, 3.8) is 0 Å². The number of aromatic nitrogens is 4. The van der Waals surface area contributed by atoms with Crippen molar-refractivity contribution in [2.75, 3.05) is 36.4 Å². The maximum absolute atomic E-state index is 4.93. The molecule has 0 unspecified atom stereocenters. The quantitative estimate of drug-likeness (QED) is 0.492. The highest BCUT2D eigenvalue weighted by atomic mass is 15.2. The largest absolute Gasteiger partial charge is 0.369 e. The van der Waals surface area contributed by atoms with Crippen LogP contribution < -0.4 is 32.1 Å². The van der Waals surface area contributed by atoms with E-state index in [1.807, 2.05) is 6.20 Å². The number of hydrogen-bond acceptors (Lipinski definition) is 6. The summed E-state index contributed by atoms with van der Waals surface area (Å²) < 4.78 is 2.42. The first-order chi connectivity index (χ1) is 15.0. The Labute approximate surface area is 186 Å². The monoisotopic (exact) mass is 413 g/mol. The Hall–Kier alpha value is -2.48. The first-order valence-corrected chi connectivity index (χ1v) is 11.6. The van der Waals surface area contributed by atoms with Crippen molar-refractivity contribution in [3.8, 4) is 0 Å². The van der Waals surface area contributed by atoms with Crippen LogP contribution in [0.2, 0.25) is 0 Å². The Morgan fingerprint density at radius 2 is 1.81 bits per heavy atom. The molecule has 1 aliphatic carbocycles. The molecule has 0 aromatic carbocycles. The van der Waals surface area contributed by atoms with E-state index in [0.29, 0.717) is 12.0 Å². The smallest absolute Gasteiger partial charge is 0.230 e. The number of aryl methyl sites for hydroxylation is 1. The predicted octanol–water partition coefficient (Wildman–Crippen LogP) is -1.82. The lowest BCUT2D eigenvalue weighted by Gasteiger charge is -2.33. The van der Waals surface area contributed by atoms with E-state index in [1.165, 1.54) is 42.5 Å². The van der Waals surface area contributed by atoms with Crippen LogP contribution in [0, 0.1) is 6.92 Å². The summed E-state index contributed by atoms with van der Waals surface area (Å²) in [7, 11) is 6.44. The highest BCUT2D eigenvalue weighted by molar-refractivity contribution is 6.55. The molecule has 0 spiro atoms. The topological polar surface area (TPSA) is 70.9 Å². The molecule has 2 fully saturated rings. The zero-order valence-corrected chi connectivity index (χ0v) is 19.1. The van der Waals surface area contributed by atoms with Gasteiger partial charge in [0.2, 0.25) is 5.95 Å². The molecule has 10 heteroatoms. The number of anilines is 3. The number of rotatable bonds is 4. The van der Waals surface area contributed by atoms with Crippen molar-refractivity contribution in [3.05, 3.63) is 18.0 Å². The predicted molar refractivity (Wildman–Crippen MR) is 137 cm³/mol. The van der Waals surface area contributed by atoms with Crippen LogP contribution in [-0.2, 0) is 0 Å². The third-order valence-corrected chi connectivity index (χ3v) is 7.02. The van der Waals surface area contributed by atoms with Gasteiger partial charge in [0, 0.05) is 60.8 Å². The highest BCUT2D eigenvalue weighted by Gasteiger charge is 2.22. The summed E-state index contributed by atoms with van der Waals surface area (Å²) >= 11 is 0. The summed E-state index contributed by atoms with van der Waals surface area (Å²) in [5, 5.41) is 7.97. The van der Waals surface area contributed by atoms with E-state index in [9.17, 15) is 0 Å². The number of fused-ring (bicyclic) bond motifs is 1. The lowest BCUT2D eigenvalue weighted by Crippen LogP contribution is -2.50. The first kappa shape index (κ1) is 20.4. The van der Waals surface area contributed by atoms with Crippen molar-refractivity contribution < 1.29 is 0 Å². The fraction of sp³-hybridized carbons (Fsp3) is 0.476. The average Bonchev–Trinajstić information content (AvgIpc) is 3.39. The molecular formula is C21H30B3N7. The Morgan fingerprint density at radius 3 is 2.55 bits per heavy atom. The third kappa shape index (κ3) is 3.71. The molecule has 0 atom stereocenters. The molecule has 1 aliphatic heterocycles. The zero-order chi connectivity index (χ0) is 21.5. The molecule has 3 aromatic rings. The Bertz CT molecular complexity index is 1120. The standard InChI is InChI=1S/C21H30B3N7/c1-12-10-13-11-26-21(29-20(13)31(12)14-4-2-3-5-14)28-19-16(23)15(22)17(18(24)27-19)30-8-6-25-7-9-30/h10-11,14,25H,2-9,22-24H2,1H3,(H,26,27,28,29). The molecule has 158 valence electrons. The maximum Gasteiger partial charge on any atom is 0.230 e. The maximum atomic E-state index is 4.93. The molecule has 2 aliphatic rings. The minimum Gasteiger partial charge on any atom is -0.369 e. The summed E-state index contributed by atoms with van der Waals surface area (Å²) in [5.41, 5.74) is 7.07. The number of piperazine rings is 1. The van der Waals surface area contributed by atoms with Gasteiger partial charge in [0.25, 0.3) is 0 Å². The lowest BCUT2D eigenvalue weighted by molar-refractivity contribution is 0.522. The summed E-state index contributed by atoms with van der Waals surface area (Å²) in [4.78, 5) is 16.9. The van der Waals surface area contributed by atoms with Crippen LogP contribution in [0.25, 0.3) is 11.0 Å². The van der Waals surface area contributed by atoms with E-state index in [2.05, 4.69) is 61.6 Å². The van der Waals surface area contributed by atoms with Crippen molar-refractivity contribution in [1.82, 2.24) is 24.8 Å². The SMILES string of the molecule is Bc1nc(Nc2ncc3cc(C)n(C4CCCC4)c3n2)c(B)c(B)c1N1CCNCC1. The molecule has 2 N–H and O–H groups in total. The van der Waals surface area contributed by atoms with Gasteiger partial charge in [0.05, 0.1) is 0 Å². The van der Waals surface area contributed by atoms with E-state index in [-0.39, 0.29) is 0 Å². The third-order valence-electron chi connectivity index (χ3n) is 7.02. The molecule has 3 aromatic heterocycles.